The lowest BCUT2D eigenvalue weighted by molar-refractivity contribution is 0.475. The summed E-state index contributed by atoms with van der Waals surface area (Å²) in [5.41, 5.74) is 7.33. The van der Waals surface area contributed by atoms with Gasteiger partial charge in [-0.3, -0.25) is 0 Å². The van der Waals surface area contributed by atoms with Crippen molar-refractivity contribution in [1.82, 2.24) is 14.5 Å². The SMILES string of the molecule is [C-]#[N+]c1ccc(O)cc1-c1ccc(Cn2c(CC)nc3c(C)cc(C)nc32)cc1. The molecule has 0 amide bonds. The summed E-state index contributed by atoms with van der Waals surface area (Å²) in [5.74, 6) is 1.18. The molecule has 0 radical (unpaired) electrons. The number of imidazole rings is 1. The lowest BCUT2D eigenvalue weighted by Crippen LogP contribution is -2.05. The second kappa shape index (κ2) is 7.40. The van der Waals surface area contributed by atoms with Crippen molar-refractivity contribution < 1.29 is 5.11 Å². The van der Waals surface area contributed by atoms with Crippen molar-refractivity contribution in [1.29, 1.82) is 0 Å². The maximum absolute atomic E-state index is 9.80. The number of fused-ring (bicyclic) bond motifs is 1. The van der Waals surface area contributed by atoms with E-state index >= 15 is 0 Å². The van der Waals surface area contributed by atoms with E-state index in [4.69, 9.17) is 16.5 Å². The van der Waals surface area contributed by atoms with Crippen molar-refractivity contribution in [2.24, 2.45) is 0 Å². The van der Waals surface area contributed by atoms with Crippen LogP contribution in [0.1, 0.15) is 29.6 Å². The van der Waals surface area contributed by atoms with Crippen molar-refractivity contribution >= 4 is 16.9 Å². The summed E-state index contributed by atoms with van der Waals surface area (Å²) in [5, 5.41) is 9.80. The summed E-state index contributed by atoms with van der Waals surface area (Å²) in [6.07, 6.45) is 0.838. The second-order valence-corrected chi connectivity index (χ2v) is 7.23. The van der Waals surface area contributed by atoms with Gasteiger partial charge < -0.3 is 9.67 Å². The Bertz CT molecular complexity index is 1250. The minimum Gasteiger partial charge on any atom is -0.508 e. The molecule has 2 aromatic carbocycles. The first-order valence-electron chi connectivity index (χ1n) is 9.63. The summed E-state index contributed by atoms with van der Waals surface area (Å²) in [4.78, 5) is 13.1. The van der Waals surface area contributed by atoms with Crippen molar-refractivity contribution in [2.75, 3.05) is 0 Å². The molecule has 0 spiro atoms. The first-order valence-corrected chi connectivity index (χ1v) is 9.63. The van der Waals surface area contributed by atoms with Crippen LogP contribution in [0.5, 0.6) is 5.75 Å². The zero-order valence-corrected chi connectivity index (χ0v) is 16.8. The first kappa shape index (κ1) is 18.7. The Hall–Kier alpha value is -3.65. The molecule has 0 atom stereocenters. The summed E-state index contributed by atoms with van der Waals surface area (Å²) < 4.78 is 2.18. The number of hydrogen-bond donors (Lipinski definition) is 1. The predicted octanol–water partition coefficient (Wildman–Crippen LogP) is 5.58. The van der Waals surface area contributed by atoms with Crippen molar-refractivity contribution in [3.05, 3.63) is 82.6 Å². The number of pyridine rings is 1. The maximum atomic E-state index is 9.80. The van der Waals surface area contributed by atoms with Gasteiger partial charge >= 0.3 is 0 Å². The zero-order valence-electron chi connectivity index (χ0n) is 16.8. The predicted molar refractivity (Wildman–Crippen MR) is 115 cm³/mol. The van der Waals surface area contributed by atoms with Gasteiger partial charge in [0, 0.05) is 12.1 Å². The molecule has 4 aromatic rings. The molecule has 0 bridgehead atoms. The summed E-state index contributed by atoms with van der Waals surface area (Å²) in [6.45, 7) is 14.2. The molecule has 0 aliphatic rings. The van der Waals surface area contributed by atoms with Gasteiger partial charge in [-0.2, -0.15) is 0 Å². The van der Waals surface area contributed by atoms with Crippen molar-refractivity contribution in [3.63, 3.8) is 0 Å². The Morgan fingerprint density at radius 2 is 1.79 bits per heavy atom. The monoisotopic (exact) mass is 382 g/mol. The van der Waals surface area contributed by atoms with Gasteiger partial charge in [0.2, 0.25) is 0 Å². The van der Waals surface area contributed by atoms with E-state index in [0.29, 0.717) is 12.2 Å². The third-order valence-corrected chi connectivity index (χ3v) is 5.12. The molecule has 5 heteroatoms. The highest BCUT2D eigenvalue weighted by Gasteiger charge is 2.14. The van der Waals surface area contributed by atoms with E-state index in [-0.39, 0.29) is 5.75 Å². The molecular formula is C24H22N4O. The summed E-state index contributed by atoms with van der Waals surface area (Å²) >= 11 is 0. The van der Waals surface area contributed by atoms with Gasteiger partial charge in [0.1, 0.15) is 17.1 Å². The van der Waals surface area contributed by atoms with E-state index in [9.17, 15) is 5.11 Å². The van der Waals surface area contributed by atoms with Crippen LogP contribution in [0.15, 0.2) is 48.5 Å². The van der Waals surface area contributed by atoms with E-state index in [1.807, 2.05) is 19.1 Å². The zero-order chi connectivity index (χ0) is 20.5. The molecule has 0 aliphatic carbocycles. The van der Waals surface area contributed by atoms with Crippen LogP contribution < -0.4 is 0 Å². The van der Waals surface area contributed by atoms with E-state index in [0.717, 1.165) is 51.4 Å². The largest absolute Gasteiger partial charge is 0.508 e. The Kier molecular flexibility index (Phi) is 4.77. The fraction of sp³-hybridized carbons (Fsp3) is 0.208. The minimum atomic E-state index is 0.158. The Balaban J connectivity index is 1.72. The van der Waals surface area contributed by atoms with Gasteiger partial charge in [0.25, 0.3) is 0 Å². The van der Waals surface area contributed by atoms with Gasteiger partial charge in [-0.25, -0.2) is 14.8 Å². The number of aryl methyl sites for hydroxylation is 3. The number of benzene rings is 2. The molecule has 0 fully saturated rings. The molecule has 0 saturated carbocycles. The van der Waals surface area contributed by atoms with Crippen LogP contribution in [0.3, 0.4) is 0 Å². The molecule has 144 valence electrons. The normalized spacial score (nSPS) is 11.0. The number of nitrogens with zero attached hydrogens (tertiary/aromatic N) is 4. The van der Waals surface area contributed by atoms with Crippen molar-refractivity contribution in [2.45, 2.75) is 33.7 Å². The van der Waals surface area contributed by atoms with Crippen LogP contribution >= 0.6 is 0 Å². The topological polar surface area (TPSA) is 55.3 Å². The highest BCUT2D eigenvalue weighted by atomic mass is 16.3. The fourth-order valence-corrected chi connectivity index (χ4v) is 3.71. The van der Waals surface area contributed by atoms with Gasteiger partial charge in [-0.1, -0.05) is 37.3 Å². The summed E-state index contributed by atoms with van der Waals surface area (Å²) in [6, 6.07) is 15.0. The van der Waals surface area contributed by atoms with Gasteiger partial charge in [0.15, 0.2) is 11.3 Å². The number of rotatable bonds is 4. The van der Waals surface area contributed by atoms with Gasteiger partial charge in [0.05, 0.1) is 13.1 Å². The summed E-state index contributed by atoms with van der Waals surface area (Å²) in [7, 11) is 0. The standard InChI is InChI=1S/C24H22N4O/c1-5-22-27-23-15(2)12-16(3)26-24(23)28(22)14-17-6-8-18(9-7-17)20-13-19(29)10-11-21(20)25-4/h6-13,29H,5,14H2,1-3H3. The molecular weight excluding hydrogens is 360 g/mol. The van der Waals surface area contributed by atoms with E-state index in [2.05, 4.69) is 41.5 Å². The molecule has 2 heterocycles. The number of aromatic hydroxyl groups is 1. The fourth-order valence-electron chi connectivity index (χ4n) is 3.71. The highest BCUT2D eigenvalue weighted by Crippen LogP contribution is 2.33. The first-order chi connectivity index (χ1) is 14.0. The number of phenols is 1. The Morgan fingerprint density at radius 3 is 2.48 bits per heavy atom. The lowest BCUT2D eigenvalue weighted by atomic mass is 10.0. The third-order valence-electron chi connectivity index (χ3n) is 5.12. The molecule has 0 saturated heterocycles. The number of phenolic OH excluding ortho intramolecular Hbond substituents is 1. The Labute approximate surface area is 170 Å². The van der Waals surface area contributed by atoms with Crippen LogP contribution in [0, 0.1) is 20.4 Å². The second-order valence-electron chi connectivity index (χ2n) is 7.23. The molecule has 4 rings (SSSR count). The minimum absolute atomic E-state index is 0.158. The van der Waals surface area contributed by atoms with Gasteiger partial charge in [-0.05, 0) is 54.3 Å². The quantitative estimate of drug-likeness (QED) is 0.469. The smallest absolute Gasteiger partial charge is 0.195 e. The van der Waals surface area contributed by atoms with Crippen LogP contribution in [0.25, 0.3) is 27.1 Å². The number of hydrogen-bond acceptors (Lipinski definition) is 3. The van der Waals surface area contributed by atoms with E-state index in [1.54, 1.807) is 18.2 Å². The average Bonchev–Trinajstić information content (AvgIpc) is 3.06. The van der Waals surface area contributed by atoms with E-state index < -0.39 is 0 Å². The maximum Gasteiger partial charge on any atom is 0.195 e. The van der Waals surface area contributed by atoms with Crippen molar-refractivity contribution in [3.8, 4) is 16.9 Å². The molecule has 0 unspecified atom stereocenters. The van der Waals surface area contributed by atoms with Gasteiger partial charge in [-0.15, -0.1) is 0 Å². The Morgan fingerprint density at radius 1 is 1.03 bits per heavy atom. The third kappa shape index (κ3) is 3.45. The lowest BCUT2D eigenvalue weighted by Gasteiger charge is -2.10. The molecule has 1 N–H and O–H groups in total. The van der Waals surface area contributed by atoms with Crippen LogP contribution in [0.4, 0.5) is 5.69 Å². The molecule has 0 aliphatic heterocycles. The highest BCUT2D eigenvalue weighted by molar-refractivity contribution is 5.80. The average molecular weight is 382 g/mol. The molecule has 29 heavy (non-hydrogen) atoms. The van der Waals surface area contributed by atoms with Crippen LogP contribution in [-0.2, 0) is 13.0 Å². The number of aromatic nitrogens is 3. The molecule has 5 nitrogen and oxygen atoms in total. The van der Waals surface area contributed by atoms with Crippen LogP contribution in [-0.4, -0.2) is 19.6 Å². The van der Waals surface area contributed by atoms with Crippen LogP contribution in [0.2, 0.25) is 0 Å². The van der Waals surface area contributed by atoms with E-state index in [1.165, 1.54) is 0 Å². The molecule has 2 aromatic heterocycles.